The van der Waals surface area contributed by atoms with Crippen molar-refractivity contribution in [3.63, 3.8) is 0 Å². The second-order valence-electron chi connectivity index (χ2n) is 7.61. The number of carbonyl (C=O) groups is 1. The molecule has 0 radical (unpaired) electrons. The van der Waals surface area contributed by atoms with E-state index in [1.807, 2.05) is 19.9 Å². The number of fused-ring (bicyclic) bond motifs is 2. The summed E-state index contributed by atoms with van der Waals surface area (Å²) in [6, 6.07) is 9.74. The Labute approximate surface area is 201 Å². The molecule has 4 aromatic rings. The molecule has 9 heteroatoms. The zero-order valence-corrected chi connectivity index (χ0v) is 20.7. The van der Waals surface area contributed by atoms with Crippen LogP contribution in [0.5, 0.6) is 11.5 Å². The maximum absolute atomic E-state index is 13.8. The first-order valence-electron chi connectivity index (χ1n) is 10.1. The molecule has 7 nitrogen and oxygen atoms in total. The zero-order chi connectivity index (χ0) is 23.4. The molecule has 5 rings (SSSR count). The van der Waals surface area contributed by atoms with E-state index in [1.54, 1.807) is 37.4 Å². The van der Waals surface area contributed by atoms with Crippen LogP contribution in [0.2, 0.25) is 0 Å². The lowest BCUT2D eigenvalue weighted by molar-refractivity contribution is 0.0970. The number of thiazole rings is 1. The number of amides is 1. The topological polar surface area (TPSA) is 81.9 Å². The van der Waals surface area contributed by atoms with E-state index in [0.717, 1.165) is 15.0 Å². The monoisotopic (exact) mass is 526 g/mol. The number of nitrogens with zero attached hydrogens (tertiary/aromatic N) is 2. The second kappa shape index (κ2) is 8.00. The molecule has 2 aromatic carbocycles. The molecule has 1 aliphatic heterocycles. The van der Waals surface area contributed by atoms with E-state index in [9.17, 15) is 9.59 Å². The van der Waals surface area contributed by atoms with Crippen molar-refractivity contribution in [2.24, 2.45) is 0 Å². The molecule has 1 unspecified atom stereocenters. The van der Waals surface area contributed by atoms with Crippen molar-refractivity contribution in [3.05, 3.63) is 78.6 Å². The van der Waals surface area contributed by atoms with E-state index in [0.29, 0.717) is 33.2 Å². The van der Waals surface area contributed by atoms with Crippen LogP contribution >= 0.6 is 27.3 Å². The maximum Gasteiger partial charge on any atom is 0.297 e. The Morgan fingerprint density at radius 2 is 1.91 bits per heavy atom. The van der Waals surface area contributed by atoms with E-state index in [4.69, 9.17) is 13.9 Å². The number of rotatable bonds is 4. The molecule has 0 spiro atoms. The van der Waals surface area contributed by atoms with Crippen molar-refractivity contribution >= 4 is 49.3 Å². The zero-order valence-electron chi connectivity index (χ0n) is 18.3. The smallest absolute Gasteiger partial charge is 0.297 e. The predicted molar refractivity (Wildman–Crippen MR) is 130 cm³/mol. The van der Waals surface area contributed by atoms with Gasteiger partial charge < -0.3 is 13.9 Å². The van der Waals surface area contributed by atoms with Gasteiger partial charge in [-0.25, -0.2) is 4.98 Å². The Morgan fingerprint density at radius 1 is 1.12 bits per heavy atom. The number of halogens is 1. The number of aromatic nitrogens is 1. The summed E-state index contributed by atoms with van der Waals surface area (Å²) in [6.45, 7) is 3.83. The van der Waals surface area contributed by atoms with Crippen LogP contribution < -0.4 is 19.8 Å². The SMILES string of the molecule is COc1cccc(C2c3c(oc4ccc(Br)cc4c3=O)C(=O)N2c2nc(C)c(C)s2)c1OC. The Morgan fingerprint density at radius 3 is 2.58 bits per heavy atom. The van der Waals surface area contributed by atoms with Gasteiger partial charge in [-0.1, -0.05) is 28.1 Å². The summed E-state index contributed by atoms with van der Waals surface area (Å²) in [5.74, 6) is 0.524. The first kappa shape index (κ1) is 21.7. The van der Waals surface area contributed by atoms with Gasteiger partial charge in [0, 0.05) is 14.9 Å². The van der Waals surface area contributed by atoms with Crippen molar-refractivity contribution in [2.45, 2.75) is 19.9 Å². The number of aryl methyl sites for hydroxylation is 2. The Kier molecular flexibility index (Phi) is 5.25. The average molecular weight is 527 g/mol. The van der Waals surface area contributed by atoms with Crippen molar-refractivity contribution in [3.8, 4) is 11.5 Å². The highest BCUT2D eigenvalue weighted by molar-refractivity contribution is 9.10. The summed E-state index contributed by atoms with van der Waals surface area (Å²) in [6.07, 6.45) is 0. The van der Waals surface area contributed by atoms with Gasteiger partial charge in [0.25, 0.3) is 5.91 Å². The fraction of sp³-hybridized carbons (Fsp3) is 0.208. The lowest BCUT2D eigenvalue weighted by atomic mass is 9.97. The molecule has 33 heavy (non-hydrogen) atoms. The Bertz CT molecular complexity index is 1470. The number of hydrogen-bond acceptors (Lipinski definition) is 7. The van der Waals surface area contributed by atoms with Crippen LogP contribution in [-0.4, -0.2) is 25.1 Å². The highest BCUT2D eigenvalue weighted by atomic mass is 79.9. The third kappa shape index (κ3) is 3.26. The van der Waals surface area contributed by atoms with Crippen LogP contribution in [0.3, 0.4) is 0 Å². The van der Waals surface area contributed by atoms with Gasteiger partial charge in [-0.15, -0.1) is 11.3 Å². The number of para-hydroxylation sites is 1. The fourth-order valence-electron chi connectivity index (χ4n) is 4.12. The van der Waals surface area contributed by atoms with Crippen LogP contribution in [0, 0.1) is 13.8 Å². The normalized spacial score (nSPS) is 15.2. The molecule has 0 saturated heterocycles. The number of hydrogen-bond donors (Lipinski definition) is 0. The number of benzene rings is 2. The van der Waals surface area contributed by atoms with Crippen molar-refractivity contribution in [1.82, 2.24) is 4.98 Å². The summed E-state index contributed by atoms with van der Waals surface area (Å²) < 4.78 is 17.9. The van der Waals surface area contributed by atoms with Gasteiger partial charge in [0.15, 0.2) is 22.1 Å². The second-order valence-corrected chi connectivity index (χ2v) is 9.71. The number of ether oxygens (including phenoxy) is 2. The first-order chi connectivity index (χ1) is 15.8. The van der Waals surface area contributed by atoms with Crippen LogP contribution in [-0.2, 0) is 0 Å². The van der Waals surface area contributed by atoms with Crippen LogP contribution in [0.1, 0.15) is 38.3 Å². The molecular formula is C24H19BrN2O5S. The molecule has 2 aromatic heterocycles. The third-order valence-corrected chi connectivity index (χ3v) is 7.35. The van der Waals surface area contributed by atoms with Gasteiger partial charge in [0.2, 0.25) is 5.76 Å². The molecule has 0 aliphatic carbocycles. The summed E-state index contributed by atoms with van der Waals surface area (Å²) in [7, 11) is 3.07. The quantitative estimate of drug-likeness (QED) is 0.354. The molecule has 0 bridgehead atoms. The van der Waals surface area contributed by atoms with E-state index in [1.165, 1.54) is 23.3 Å². The summed E-state index contributed by atoms with van der Waals surface area (Å²) in [5, 5.41) is 0.872. The minimum Gasteiger partial charge on any atom is -0.493 e. The highest BCUT2D eigenvalue weighted by Gasteiger charge is 2.46. The lowest BCUT2D eigenvalue weighted by Gasteiger charge is -2.25. The molecule has 3 heterocycles. The van der Waals surface area contributed by atoms with E-state index >= 15 is 0 Å². The first-order valence-corrected chi connectivity index (χ1v) is 11.7. The number of anilines is 1. The highest BCUT2D eigenvalue weighted by Crippen LogP contribution is 2.47. The lowest BCUT2D eigenvalue weighted by Crippen LogP contribution is -2.29. The fourth-order valence-corrected chi connectivity index (χ4v) is 5.42. The predicted octanol–water partition coefficient (Wildman–Crippen LogP) is 5.40. The van der Waals surface area contributed by atoms with E-state index in [2.05, 4.69) is 20.9 Å². The molecule has 1 atom stereocenters. The summed E-state index contributed by atoms with van der Waals surface area (Å²) in [4.78, 5) is 34.6. The molecule has 0 fully saturated rings. The molecular weight excluding hydrogens is 508 g/mol. The number of methoxy groups -OCH3 is 2. The molecule has 1 amide bonds. The third-order valence-electron chi connectivity index (χ3n) is 5.78. The van der Waals surface area contributed by atoms with Gasteiger partial charge >= 0.3 is 0 Å². The minimum absolute atomic E-state index is 0.00945. The van der Waals surface area contributed by atoms with Gasteiger partial charge in [-0.05, 0) is 38.1 Å². The average Bonchev–Trinajstić information content (AvgIpc) is 3.29. The molecule has 0 N–H and O–H groups in total. The Balaban J connectivity index is 1.87. The molecule has 1 aliphatic rings. The van der Waals surface area contributed by atoms with Crippen LogP contribution in [0.25, 0.3) is 11.0 Å². The van der Waals surface area contributed by atoms with Crippen molar-refractivity contribution in [1.29, 1.82) is 0 Å². The van der Waals surface area contributed by atoms with Gasteiger partial charge in [0.05, 0.1) is 30.9 Å². The van der Waals surface area contributed by atoms with Crippen LogP contribution in [0.15, 0.2) is 50.1 Å². The van der Waals surface area contributed by atoms with Gasteiger partial charge in [-0.2, -0.15) is 0 Å². The van der Waals surface area contributed by atoms with Gasteiger partial charge in [0.1, 0.15) is 11.6 Å². The van der Waals surface area contributed by atoms with E-state index in [-0.39, 0.29) is 16.8 Å². The van der Waals surface area contributed by atoms with Gasteiger partial charge in [-0.3, -0.25) is 14.5 Å². The number of carbonyl (C=O) groups excluding carboxylic acids is 1. The van der Waals surface area contributed by atoms with Crippen molar-refractivity contribution < 1.29 is 18.7 Å². The Hall–Kier alpha value is -3.17. The van der Waals surface area contributed by atoms with E-state index < -0.39 is 11.9 Å². The maximum atomic E-state index is 13.8. The summed E-state index contributed by atoms with van der Waals surface area (Å²) in [5.41, 5.74) is 1.76. The minimum atomic E-state index is -0.790. The summed E-state index contributed by atoms with van der Waals surface area (Å²) >= 11 is 4.81. The van der Waals surface area contributed by atoms with Crippen LogP contribution in [0.4, 0.5) is 5.13 Å². The van der Waals surface area contributed by atoms with Crippen molar-refractivity contribution in [2.75, 3.05) is 19.1 Å². The molecule has 168 valence electrons. The largest absolute Gasteiger partial charge is 0.493 e. The standard InChI is InChI=1S/C24H19BrN2O5S/c1-11-12(2)33-24(26-11)27-19(14-6-5-7-17(30-3)21(14)31-4)18-20(28)15-10-13(25)8-9-16(15)32-22(18)23(27)29/h5-10,19H,1-4H3. The molecule has 0 saturated carbocycles.